The first-order chi connectivity index (χ1) is 14.3. The van der Waals surface area contributed by atoms with E-state index in [1.54, 1.807) is 49.6 Å². The van der Waals surface area contributed by atoms with E-state index in [4.69, 9.17) is 14.2 Å². The molecule has 0 saturated carbocycles. The highest BCUT2D eigenvalue weighted by atomic mass is 16.5. The van der Waals surface area contributed by atoms with Crippen molar-refractivity contribution in [2.24, 2.45) is 0 Å². The monoisotopic (exact) mass is 404 g/mol. The molecule has 0 aromatic heterocycles. The number of aryl methyl sites for hydroxylation is 2. The maximum absolute atomic E-state index is 12.6. The Labute approximate surface area is 176 Å². The molecule has 0 N–H and O–H groups in total. The number of methoxy groups -OCH3 is 1. The summed E-state index contributed by atoms with van der Waals surface area (Å²) < 4.78 is 16.4. The normalized spacial score (nSPS) is 10.4. The van der Waals surface area contributed by atoms with Crippen molar-refractivity contribution in [3.05, 3.63) is 88.0 Å². The molecule has 0 unspecified atom stereocenters. The Morgan fingerprint density at radius 2 is 1.23 bits per heavy atom. The summed E-state index contributed by atoms with van der Waals surface area (Å²) >= 11 is 0. The summed E-state index contributed by atoms with van der Waals surface area (Å²) in [6.45, 7) is 7.43. The van der Waals surface area contributed by atoms with E-state index < -0.39 is 11.9 Å². The van der Waals surface area contributed by atoms with E-state index in [2.05, 4.69) is 0 Å². The van der Waals surface area contributed by atoms with Crippen LogP contribution in [0.25, 0.3) is 0 Å². The first-order valence-corrected chi connectivity index (χ1v) is 9.56. The molecule has 0 aliphatic rings. The number of esters is 2. The topological polar surface area (TPSA) is 61.8 Å². The Bertz CT molecular complexity index is 1080. The fourth-order valence-electron chi connectivity index (χ4n) is 3.01. The van der Waals surface area contributed by atoms with Gasteiger partial charge in [0.1, 0.15) is 17.2 Å². The van der Waals surface area contributed by atoms with Crippen molar-refractivity contribution < 1.29 is 23.8 Å². The van der Waals surface area contributed by atoms with Crippen molar-refractivity contribution in [1.29, 1.82) is 0 Å². The summed E-state index contributed by atoms with van der Waals surface area (Å²) in [5.41, 5.74) is 4.14. The van der Waals surface area contributed by atoms with Crippen molar-refractivity contribution in [2.45, 2.75) is 27.7 Å². The molecule has 0 aliphatic heterocycles. The Kier molecular flexibility index (Phi) is 6.21. The third-order valence-corrected chi connectivity index (χ3v) is 4.99. The molecule has 0 spiro atoms. The van der Waals surface area contributed by atoms with Crippen LogP contribution in [0.15, 0.2) is 54.6 Å². The Balaban J connectivity index is 1.82. The van der Waals surface area contributed by atoms with Gasteiger partial charge in [0.05, 0.1) is 18.2 Å². The number of rotatable bonds is 5. The number of carbonyl (C=O) groups is 2. The predicted molar refractivity (Wildman–Crippen MR) is 115 cm³/mol. The molecule has 0 fully saturated rings. The van der Waals surface area contributed by atoms with Crippen LogP contribution in [0.5, 0.6) is 17.2 Å². The van der Waals surface area contributed by atoms with E-state index in [-0.39, 0.29) is 0 Å². The first kappa shape index (κ1) is 21.1. The smallest absolute Gasteiger partial charge is 0.343 e. The van der Waals surface area contributed by atoms with Crippen LogP contribution < -0.4 is 14.2 Å². The first-order valence-electron chi connectivity index (χ1n) is 9.56. The molecule has 0 saturated heterocycles. The van der Waals surface area contributed by atoms with Gasteiger partial charge in [0, 0.05) is 0 Å². The zero-order chi connectivity index (χ0) is 21.8. The lowest BCUT2D eigenvalue weighted by Gasteiger charge is -2.16. The van der Waals surface area contributed by atoms with Crippen LogP contribution in [0.4, 0.5) is 0 Å². The number of carbonyl (C=O) groups excluding carboxylic acids is 2. The quantitative estimate of drug-likeness (QED) is 0.423. The van der Waals surface area contributed by atoms with Gasteiger partial charge in [-0.3, -0.25) is 0 Å². The van der Waals surface area contributed by atoms with Crippen LogP contribution in [0.1, 0.15) is 43.0 Å². The molecule has 154 valence electrons. The average Bonchev–Trinajstić information content (AvgIpc) is 2.75. The molecule has 3 aromatic rings. The highest BCUT2D eigenvalue weighted by Gasteiger charge is 2.19. The highest BCUT2D eigenvalue weighted by molar-refractivity contribution is 5.92. The van der Waals surface area contributed by atoms with E-state index in [0.717, 1.165) is 16.7 Å². The summed E-state index contributed by atoms with van der Waals surface area (Å²) in [4.78, 5) is 25.0. The summed E-state index contributed by atoms with van der Waals surface area (Å²) in [5, 5.41) is 0. The highest BCUT2D eigenvalue weighted by Crippen LogP contribution is 2.34. The van der Waals surface area contributed by atoms with Crippen LogP contribution in [0.2, 0.25) is 0 Å². The SMILES string of the molecule is COc1ccc(C(=O)Oc2c(C)cc(OC(=O)c3ccc(C)cc3)c(C)c2C)cc1. The number of ether oxygens (including phenoxy) is 3. The van der Waals surface area contributed by atoms with E-state index in [9.17, 15) is 9.59 Å². The Hall–Kier alpha value is -3.60. The van der Waals surface area contributed by atoms with E-state index in [1.165, 1.54) is 0 Å². The second-order valence-corrected chi connectivity index (χ2v) is 7.14. The van der Waals surface area contributed by atoms with E-state index in [1.807, 2.05) is 39.8 Å². The van der Waals surface area contributed by atoms with Crippen molar-refractivity contribution in [3.8, 4) is 17.2 Å². The summed E-state index contributed by atoms with van der Waals surface area (Å²) in [7, 11) is 1.57. The van der Waals surface area contributed by atoms with Gasteiger partial charge in [0.2, 0.25) is 0 Å². The van der Waals surface area contributed by atoms with Gasteiger partial charge in [0.15, 0.2) is 0 Å². The molecule has 0 radical (unpaired) electrons. The van der Waals surface area contributed by atoms with Crippen LogP contribution in [-0.4, -0.2) is 19.0 Å². The van der Waals surface area contributed by atoms with Gasteiger partial charge in [-0.15, -0.1) is 0 Å². The van der Waals surface area contributed by atoms with Crippen LogP contribution in [0.3, 0.4) is 0 Å². The molecule has 0 aliphatic carbocycles. The third-order valence-electron chi connectivity index (χ3n) is 4.99. The van der Waals surface area contributed by atoms with Gasteiger partial charge in [0.25, 0.3) is 0 Å². The van der Waals surface area contributed by atoms with Gasteiger partial charge in [-0.05, 0) is 86.8 Å². The summed E-state index contributed by atoms with van der Waals surface area (Å²) in [5.74, 6) is 0.672. The minimum Gasteiger partial charge on any atom is -0.497 e. The molecule has 0 bridgehead atoms. The standard InChI is InChI=1S/C25H24O5/c1-15-6-8-19(9-7-15)24(26)29-22-14-16(2)23(18(4)17(22)3)30-25(27)20-10-12-21(28-5)13-11-20/h6-14H,1-5H3. The number of hydrogen-bond acceptors (Lipinski definition) is 5. The summed E-state index contributed by atoms with van der Waals surface area (Å²) in [6.07, 6.45) is 0. The minimum absolute atomic E-state index is 0.419. The van der Waals surface area contributed by atoms with Crippen LogP contribution in [-0.2, 0) is 0 Å². The average molecular weight is 404 g/mol. The maximum atomic E-state index is 12.6. The van der Waals surface area contributed by atoms with Crippen molar-refractivity contribution >= 4 is 11.9 Å². The second kappa shape index (κ2) is 8.82. The van der Waals surface area contributed by atoms with Gasteiger partial charge in [-0.1, -0.05) is 17.7 Å². The fourth-order valence-corrected chi connectivity index (χ4v) is 3.01. The predicted octanol–water partition coefficient (Wildman–Crippen LogP) is 5.37. The number of benzene rings is 3. The largest absolute Gasteiger partial charge is 0.497 e. The molecule has 30 heavy (non-hydrogen) atoms. The van der Waals surface area contributed by atoms with E-state index in [0.29, 0.717) is 33.9 Å². The lowest BCUT2D eigenvalue weighted by molar-refractivity contribution is 0.0716. The molecule has 0 heterocycles. The zero-order valence-electron chi connectivity index (χ0n) is 17.7. The lowest BCUT2D eigenvalue weighted by atomic mass is 10.0. The Morgan fingerprint density at radius 3 is 1.80 bits per heavy atom. The van der Waals surface area contributed by atoms with Crippen LogP contribution in [0, 0.1) is 27.7 Å². The molecule has 5 nitrogen and oxygen atoms in total. The van der Waals surface area contributed by atoms with Gasteiger partial charge < -0.3 is 14.2 Å². The molecule has 3 rings (SSSR count). The summed E-state index contributed by atoms with van der Waals surface area (Å²) in [6, 6.07) is 15.6. The third kappa shape index (κ3) is 4.51. The zero-order valence-corrected chi connectivity index (χ0v) is 17.7. The van der Waals surface area contributed by atoms with Crippen LogP contribution >= 0.6 is 0 Å². The van der Waals surface area contributed by atoms with Crippen molar-refractivity contribution in [2.75, 3.05) is 7.11 Å². The van der Waals surface area contributed by atoms with E-state index >= 15 is 0 Å². The molecule has 3 aromatic carbocycles. The minimum atomic E-state index is -0.465. The molecule has 0 amide bonds. The van der Waals surface area contributed by atoms with Gasteiger partial charge >= 0.3 is 11.9 Å². The molecular formula is C25H24O5. The molecular weight excluding hydrogens is 380 g/mol. The van der Waals surface area contributed by atoms with Crippen molar-refractivity contribution in [1.82, 2.24) is 0 Å². The Morgan fingerprint density at radius 1 is 0.700 bits per heavy atom. The number of hydrogen-bond donors (Lipinski definition) is 0. The molecule has 0 atom stereocenters. The molecule has 5 heteroatoms. The van der Waals surface area contributed by atoms with Gasteiger partial charge in [-0.25, -0.2) is 9.59 Å². The van der Waals surface area contributed by atoms with Crippen molar-refractivity contribution in [3.63, 3.8) is 0 Å². The lowest BCUT2D eigenvalue weighted by Crippen LogP contribution is -2.13. The second-order valence-electron chi connectivity index (χ2n) is 7.14. The fraction of sp³-hybridized carbons (Fsp3) is 0.200. The maximum Gasteiger partial charge on any atom is 0.343 e. The van der Waals surface area contributed by atoms with Gasteiger partial charge in [-0.2, -0.15) is 0 Å².